The topological polar surface area (TPSA) is 92.8 Å². The van der Waals surface area contributed by atoms with E-state index in [2.05, 4.69) is 21.2 Å². The van der Waals surface area contributed by atoms with Gasteiger partial charge in [-0.1, -0.05) is 15.9 Å². The number of ether oxygens (including phenoxy) is 1. The zero-order valence-corrected chi connectivity index (χ0v) is 19.5. The summed E-state index contributed by atoms with van der Waals surface area (Å²) in [6.07, 6.45) is 3.63. The molecule has 29 heavy (non-hydrogen) atoms. The lowest BCUT2D eigenvalue weighted by Gasteiger charge is -2.22. The number of aryl methyl sites for hydroxylation is 2. The second kappa shape index (κ2) is 8.45. The van der Waals surface area contributed by atoms with E-state index < -0.39 is 28.4 Å². The van der Waals surface area contributed by atoms with Crippen LogP contribution in [0.4, 0.5) is 10.7 Å². The Hall–Kier alpha value is -1.91. The van der Waals surface area contributed by atoms with Gasteiger partial charge in [0.2, 0.25) is 15.9 Å². The molecule has 0 spiro atoms. The van der Waals surface area contributed by atoms with Crippen molar-refractivity contribution in [1.29, 1.82) is 0 Å². The molecule has 156 valence electrons. The van der Waals surface area contributed by atoms with Gasteiger partial charge >= 0.3 is 5.97 Å². The summed E-state index contributed by atoms with van der Waals surface area (Å²) in [4.78, 5) is 26.0. The number of amides is 1. The van der Waals surface area contributed by atoms with E-state index in [4.69, 9.17) is 4.74 Å². The number of halogens is 1. The van der Waals surface area contributed by atoms with Gasteiger partial charge in [-0.05, 0) is 55.5 Å². The minimum absolute atomic E-state index is 0.378. The minimum Gasteiger partial charge on any atom is -0.465 e. The summed E-state index contributed by atoms with van der Waals surface area (Å²) in [6, 6.07) is 5.06. The predicted molar refractivity (Wildman–Crippen MR) is 117 cm³/mol. The first-order chi connectivity index (χ1) is 13.6. The van der Waals surface area contributed by atoms with Crippen LogP contribution in [-0.2, 0) is 32.4 Å². The Kier molecular flexibility index (Phi) is 6.35. The molecule has 0 bridgehead atoms. The fourth-order valence-electron chi connectivity index (χ4n) is 3.29. The predicted octanol–water partition coefficient (Wildman–Crippen LogP) is 3.50. The van der Waals surface area contributed by atoms with Crippen LogP contribution >= 0.6 is 27.3 Å². The third-order valence-electron chi connectivity index (χ3n) is 4.68. The minimum atomic E-state index is -3.69. The Balaban J connectivity index is 1.87. The Morgan fingerprint density at radius 2 is 2.03 bits per heavy atom. The van der Waals surface area contributed by atoms with Gasteiger partial charge in [0.15, 0.2) is 0 Å². The van der Waals surface area contributed by atoms with Crippen LogP contribution in [0.3, 0.4) is 0 Å². The van der Waals surface area contributed by atoms with Crippen LogP contribution in [-0.4, -0.2) is 40.2 Å². The van der Waals surface area contributed by atoms with Crippen LogP contribution in [0.2, 0.25) is 0 Å². The van der Waals surface area contributed by atoms with E-state index in [0.717, 1.165) is 50.3 Å². The lowest BCUT2D eigenvalue weighted by atomic mass is 10.1. The fourth-order valence-corrected chi connectivity index (χ4v) is 5.68. The number of hydrogen-bond donors (Lipinski definition) is 1. The van der Waals surface area contributed by atoms with Gasteiger partial charge in [-0.25, -0.2) is 13.2 Å². The maximum absolute atomic E-state index is 12.7. The van der Waals surface area contributed by atoms with Crippen molar-refractivity contribution in [2.45, 2.75) is 26.2 Å². The Morgan fingerprint density at radius 1 is 1.31 bits per heavy atom. The number of carbonyl (C=O) groups is 2. The van der Waals surface area contributed by atoms with E-state index in [1.165, 1.54) is 18.4 Å². The molecule has 1 aromatic carbocycles. The van der Waals surface area contributed by atoms with Crippen LogP contribution in [0.15, 0.2) is 22.7 Å². The van der Waals surface area contributed by atoms with Crippen LogP contribution in [0.25, 0.3) is 0 Å². The highest BCUT2D eigenvalue weighted by Gasteiger charge is 2.29. The molecule has 1 aliphatic rings. The van der Waals surface area contributed by atoms with E-state index in [-0.39, 0.29) is 0 Å². The van der Waals surface area contributed by atoms with E-state index in [0.29, 0.717) is 16.3 Å². The molecule has 1 aromatic heterocycles. The van der Waals surface area contributed by atoms with Crippen molar-refractivity contribution in [2.75, 3.05) is 29.5 Å². The number of methoxy groups -OCH3 is 1. The first kappa shape index (κ1) is 21.8. The molecule has 7 nitrogen and oxygen atoms in total. The molecule has 1 N–H and O–H groups in total. The third-order valence-corrected chi connectivity index (χ3v) is 7.92. The number of fused-ring (bicyclic) bond motifs is 1. The van der Waals surface area contributed by atoms with Gasteiger partial charge in [0.25, 0.3) is 0 Å². The summed E-state index contributed by atoms with van der Waals surface area (Å²) >= 11 is 4.73. The first-order valence-electron chi connectivity index (χ1n) is 8.88. The second-order valence-corrected chi connectivity index (χ2v) is 10.7. The summed E-state index contributed by atoms with van der Waals surface area (Å²) < 4.78 is 31.4. The maximum atomic E-state index is 12.7. The van der Waals surface area contributed by atoms with Gasteiger partial charge in [-0.15, -0.1) is 11.3 Å². The number of esters is 1. The second-order valence-electron chi connectivity index (χ2n) is 6.80. The summed E-state index contributed by atoms with van der Waals surface area (Å²) in [5, 5.41) is 3.13. The number of anilines is 2. The molecule has 0 aliphatic heterocycles. The highest BCUT2D eigenvalue weighted by molar-refractivity contribution is 9.10. The quantitative estimate of drug-likeness (QED) is 0.612. The van der Waals surface area contributed by atoms with E-state index in [9.17, 15) is 18.0 Å². The lowest BCUT2D eigenvalue weighted by molar-refractivity contribution is -0.114. The molecule has 0 radical (unpaired) electrons. The Morgan fingerprint density at radius 3 is 2.66 bits per heavy atom. The number of nitrogens with zero attached hydrogens (tertiary/aromatic N) is 1. The molecule has 1 heterocycles. The SMILES string of the molecule is COC(=O)c1c(NC(=O)CN(c2ccc(Br)c(C)c2)S(C)(=O)=O)sc2c1CCC2. The molecule has 0 atom stereocenters. The van der Waals surface area contributed by atoms with Crippen molar-refractivity contribution in [3.05, 3.63) is 44.2 Å². The van der Waals surface area contributed by atoms with Crippen LogP contribution in [0.5, 0.6) is 0 Å². The molecular weight excluding hydrogens is 480 g/mol. The Bertz CT molecular complexity index is 1080. The van der Waals surface area contributed by atoms with Gasteiger partial charge in [0.05, 0.1) is 24.6 Å². The van der Waals surface area contributed by atoms with E-state index >= 15 is 0 Å². The largest absolute Gasteiger partial charge is 0.465 e. The average molecular weight is 501 g/mol. The number of rotatable bonds is 6. The molecule has 10 heteroatoms. The molecular formula is C19H21BrN2O5S2. The van der Waals surface area contributed by atoms with Crippen molar-refractivity contribution in [3.8, 4) is 0 Å². The molecule has 1 amide bonds. The van der Waals surface area contributed by atoms with E-state index in [1.807, 2.05) is 6.92 Å². The van der Waals surface area contributed by atoms with E-state index in [1.54, 1.807) is 18.2 Å². The summed E-state index contributed by atoms with van der Waals surface area (Å²) in [6.45, 7) is 1.44. The summed E-state index contributed by atoms with van der Waals surface area (Å²) in [5.74, 6) is -1.02. The fraction of sp³-hybridized carbons (Fsp3) is 0.368. The van der Waals surface area contributed by atoms with Gasteiger partial charge < -0.3 is 10.1 Å². The number of benzene rings is 1. The number of sulfonamides is 1. The lowest BCUT2D eigenvalue weighted by Crippen LogP contribution is -2.37. The Labute approximate surface area is 182 Å². The van der Waals surface area contributed by atoms with Crippen LogP contribution < -0.4 is 9.62 Å². The maximum Gasteiger partial charge on any atom is 0.341 e. The number of nitrogens with one attached hydrogen (secondary N) is 1. The van der Waals surface area contributed by atoms with Gasteiger partial charge in [0.1, 0.15) is 11.5 Å². The van der Waals surface area contributed by atoms with Crippen molar-refractivity contribution >= 4 is 59.9 Å². The van der Waals surface area contributed by atoms with Crippen molar-refractivity contribution < 1.29 is 22.7 Å². The molecule has 0 fully saturated rings. The summed E-state index contributed by atoms with van der Waals surface area (Å²) in [5.41, 5.74) is 2.54. The highest BCUT2D eigenvalue weighted by Crippen LogP contribution is 2.39. The number of carbonyl (C=O) groups excluding carboxylic acids is 2. The highest BCUT2D eigenvalue weighted by atomic mass is 79.9. The molecule has 1 aliphatic carbocycles. The average Bonchev–Trinajstić information content (AvgIpc) is 3.21. The monoisotopic (exact) mass is 500 g/mol. The van der Waals surface area contributed by atoms with Gasteiger partial charge in [-0.3, -0.25) is 9.10 Å². The number of thiophene rings is 1. The molecule has 3 rings (SSSR count). The zero-order valence-electron chi connectivity index (χ0n) is 16.2. The van der Waals surface area contributed by atoms with Crippen molar-refractivity contribution in [2.24, 2.45) is 0 Å². The smallest absolute Gasteiger partial charge is 0.341 e. The van der Waals surface area contributed by atoms with Crippen molar-refractivity contribution in [3.63, 3.8) is 0 Å². The molecule has 0 unspecified atom stereocenters. The standard InChI is InChI=1S/C19H21BrN2O5S2/c1-11-9-12(7-8-14(11)20)22(29(3,25)26)10-16(23)21-18-17(19(24)27-2)13-5-4-6-15(13)28-18/h7-9H,4-6,10H2,1-3H3,(H,21,23). The third kappa shape index (κ3) is 4.65. The molecule has 0 saturated carbocycles. The van der Waals surface area contributed by atoms with Gasteiger partial charge in [0, 0.05) is 9.35 Å². The van der Waals surface area contributed by atoms with Crippen LogP contribution in [0, 0.1) is 6.92 Å². The number of hydrogen-bond acceptors (Lipinski definition) is 6. The van der Waals surface area contributed by atoms with Crippen LogP contribution in [0.1, 0.15) is 32.8 Å². The normalized spacial score (nSPS) is 13.1. The van der Waals surface area contributed by atoms with Crippen molar-refractivity contribution in [1.82, 2.24) is 0 Å². The molecule has 0 saturated heterocycles. The first-order valence-corrected chi connectivity index (χ1v) is 12.3. The zero-order chi connectivity index (χ0) is 21.3. The molecule has 2 aromatic rings. The van der Waals surface area contributed by atoms with Gasteiger partial charge in [-0.2, -0.15) is 0 Å². The summed E-state index contributed by atoms with van der Waals surface area (Å²) in [7, 11) is -2.39.